The summed E-state index contributed by atoms with van der Waals surface area (Å²) >= 11 is 0. The summed E-state index contributed by atoms with van der Waals surface area (Å²) in [5.41, 5.74) is 1.36. The Morgan fingerprint density at radius 2 is 2.32 bits per heavy atom. The van der Waals surface area contributed by atoms with Gasteiger partial charge in [0.2, 0.25) is 0 Å². The summed E-state index contributed by atoms with van der Waals surface area (Å²) in [6, 6.07) is 0.510. The van der Waals surface area contributed by atoms with Gasteiger partial charge in [0.25, 0.3) is 0 Å². The van der Waals surface area contributed by atoms with Crippen molar-refractivity contribution in [3.63, 3.8) is 0 Å². The van der Waals surface area contributed by atoms with Crippen LogP contribution in [-0.4, -0.2) is 30.2 Å². The Balaban J connectivity index is 1.96. The molecule has 0 aliphatic carbocycles. The Bertz CT molecular complexity index is 324. The maximum Gasteiger partial charge on any atom is 0.303 e. The van der Waals surface area contributed by atoms with Gasteiger partial charge < -0.3 is 15.7 Å². The molecule has 0 radical (unpaired) electrons. The lowest BCUT2D eigenvalue weighted by Crippen LogP contribution is -2.27. The van der Waals surface area contributed by atoms with Gasteiger partial charge in [0.15, 0.2) is 0 Å². The van der Waals surface area contributed by atoms with Gasteiger partial charge in [-0.15, -0.1) is 0 Å². The molecule has 4 nitrogen and oxygen atoms in total. The van der Waals surface area contributed by atoms with Gasteiger partial charge in [0.05, 0.1) is 0 Å². The summed E-state index contributed by atoms with van der Waals surface area (Å²) < 4.78 is 0. The average molecular weight is 266 g/mol. The third-order valence-electron chi connectivity index (χ3n) is 3.28. The minimum atomic E-state index is -0.691. The lowest BCUT2D eigenvalue weighted by molar-refractivity contribution is -0.137. The molecule has 0 aromatic heterocycles. The third kappa shape index (κ3) is 8.43. The van der Waals surface area contributed by atoms with Gasteiger partial charge in [-0.3, -0.25) is 4.79 Å². The van der Waals surface area contributed by atoms with E-state index in [9.17, 15) is 4.79 Å². The zero-order valence-corrected chi connectivity index (χ0v) is 11.8. The second-order valence-electron chi connectivity index (χ2n) is 5.13. The van der Waals surface area contributed by atoms with E-state index in [1.807, 2.05) is 0 Å². The molecule has 1 aliphatic heterocycles. The molecular formula is C15H26N2O2. The Kier molecular flexibility index (Phi) is 7.98. The zero-order chi connectivity index (χ0) is 13.9. The topological polar surface area (TPSA) is 61.4 Å². The van der Waals surface area contributed by atoms with Gasteiger partial charge in [-0.05, 0) is 50.9 Å². The summed E-state index contributed by atoms with van der Waals surface area (Å²) in [5.74, 6) is -0.691. The summed E-state index contributed by atoms with van der Waals surface area (Å²) in [5, 5.41) is 15.2. The van der Waals surface area contributed by atoms with Gasteiger partial charge in [0.1, 0.15) is 0 Å². The van der Waals surface area contributed by atoms with Crippen LogP contribution in [0.25, 0.3) is 0 Å². The number of unbranched alkanes of at least 4 members (excludes halogenated alkanes) is 2. The molecule has 0 aromatic carbocycles. The number of carbonyl (C=O) groups is 1. The van der Waals surface area contributed by atoms with E-state index in [1.54, 1.807) is 0 Å². The van der Waals surface area contributed by atoms with E-state index in [0.29, 0.717) is 12.5 Å². The van der Waals surface area contributed by atoms with Crippen molar-refractivity contribution in [2.75, 3.05) is 13.1 Å². The fourth-order valence-corrected chi connectivity index (χ4v) is 2.08. The largest absolute Gasteiger partial charge is 0.481 e. The molecule has 0 spiro atoms. The molecular weight excluding hydrogens is 240 g/mol. The lowest BCUT2D eigenvalue weighted by atomic mass is 10.1. The van der Waals surface area contributed by atoms with Gasteiger partial charge in [-0.2, -0.15) is 0 Å². The van der Waals surface area contributed by atoms with E-state index in [0.717, 1.165) is 45.2 Å². The molecule has 0 saturated heterocycles. The molecule has 0 unspecified atom stereocenters. The molecule has 3 N–H and O–H groups in total. The Labute approximate surface area is 116 Å². The second kappa shape index (κ2) is 9.62. The smallest absolute Gasteiger partial charge is 0.303 e. The van der Waals surface area contributed by atoms with Crippen LogP contribution in [0, 0.1) is 0 Å². The van der Waals surface area contributed by atoms with Gasteiger partial charge in [-0.25, -0.2) is 0 Å². The van der Waals surface area contributed by atoms with Crippen molar-refractivity contribution in [1.29, 1.82) is 0 Å². The molecule has 0 bridgehead atoms. The van der Waals surface area contributed by atoms with Crippen LogP contribution in [0.15, 0.2) is 23.9 Å². The lowest BCUT2D eigenvalue weighted by Gasteiger charge is -2.15. The van der Waals surface area contributed by atoms with Crippen LogP contribution in [0.1, 0.15) is 45.4 Å². The molecule has 1 atom stereocenters. The Morgan fingerprint density at radius 3 is 3.00 bits per heavy atom. The highest BCUT2D eigenvalue weighted by atomic mass is 16.4. The van der Waals surface area contributed by atoms with Crippen molar-refractivity contribution in [3.8, 4) is 0 Å². The molecule has 19 heavy (non-hydrogen) atoms. The number of carboxylic acids is 1. The first-order chi connectivity index (χ1) is 9.18. The minimum absolute atomic E-state index is 0.295. The molecule has 4 heteroatoms. The maximum atomic E-state index is 10.3. The number of aliphatic carboxylic acids is 1. The number of rotatable bonds is 10. The van der Waals surface area contributed by atoms with Crippen LogP contribution >= 0.6 is 0 Å². The van der Waals surface area contributed by atoms with Crippen molar-refractivity contribution in [2.45, 2.75) is 51.5 Å². The second-order valence-corrected chi connectivity index (χ2v) is 5.13. The summed E-state index contributed by atoms with van der Waals surface area (Å²) in [6.07, 6.45) is 11.8. The van der Waals surface area contributed by atoms with Crippen LogP contribution in [-0.2, 0) is 4.79 Å². The first-order valence-corrected chi connectivity index (χ1v) is 7.22. The average Bonchev–Trinajstić information content (AvgIpc) is 2.41. The number of hydrogen-bond donors (Lipinski definition) is 3. The highest BCUT2D eigenvalue weighted by molar-refractivity contribution is 5.66. The maximum absolute atomic E-state index is 10.3. The third-order valence-corrected chi connectivity index (χ3v) is 3.28. The highest BCUT2D eigenvalue weighted by Crippen LogP contribution is 2.10. The van der Waals surface area contributed by atoms with Crippen LogP contribution in [0.3, 0.4) is 0 Å². The van der Waals surface area contributed by atoms with Crippen molar-refractivity contribution in [3.05, 3.63) is 23.9 Å². The fourth-order valence-electron chi connectivity index (χ4n) is 2.08. The minimum Gasteiger partial charge on any atom is -0.481 e. The molecule has 1 rings (SSSR count). The number of allylic oxidation sites excluding steroid dienone is 2. The number of carboxylic acid groups (broad SMARTS) is 1. The van der Waals surface area contributed by atoms with E-state index in [4.69, 9.17) is 5.11 Å². The van der Waals surface area contributed by atoms with Gasteiger partial charge in [0, 0.05) is 19.0 Å². The Hall–Kier alpha value is -1.29. The highest BCUT2D eigenvalue weighted by Gasteiger charge is 2.03. The number of dihydropyridines is 1. The van der Waals surface area contributed by atoms with E-state index in [-0.39, 0.29) is 0 Å². The zero-order valence-electron chi connectivity index (χ0n) is 11.8. The molecule has 1 aliphatic rings. The van der Waals surface area contributed by atoms with Crippen LogP contribution in [0.5, 0.6) is 0 Å². The fraction of sp³-hybridized carbons (Fsp3) is 0.667. The Morgan fingerprint density at radius 1 is 1.47 bits per heavy atom. The first kappa shape index (κ1) is 15.8. The predicted octanol–water partition coefficient (Wildman–Crippen LogP) is 2.43. The van der Waals surface area contributed by atoms with Gasteiger partial charge >= 0.3 is 5.97 Å². The summed E-state index contributed by atoms with van der Waals surface area (Å²) in [6.45, 7) is 4.12. The van der Waals surface area contributed by atoms with Crippen LogP contribution in [0.4, 0.5) is 0 Å². The summed E-state index contributed by atoms with van der Waals surface area (Å²) in [4.78, 5) is 10.3. The van der Waals surface area contributed by atoms with E-state index in [1.165, 1.54) is 5.57 Å². The molecule has 0 saturated carbocycles. The van der Waals surface area contributed by atoms with Crippen LogP contribution < -0.4 is 10.6 Å². The first-order valence-electron chi connectivity index (χ1n) is 7.22. The van der Waals surface area contributed by atoms with Crippen molar-refractivity contribution in [1.82, 2.24) is 10.6 Å². The van der Waals surface area contributed by atoms with E-state index < -0.39 is 5.97 Å². The normalized spacial score (nSPS) is 15.7. The monoisotopic (exact) mass is 266 g/mol. The molecule has 1 heterocycles. The molecule has 0 aromatic rings. The number of hydrogen-bond acceptors (Lipinski definition) is 3. The molecule has 0 amide bonds. The van der Waals surface area contributed by atoms with Gasteiger partial charge in [-0.1, -0.05) is 18.6 Å². The van der Waals surface area contributed by atoms with E-state index in [2.05, 4.69) is 35.9 Å². The SMILES string of the molecule is C[C@@H](CCC1=CNCC=C1)NCCCCCC(=O)O. The van der Waals surface area contributed by atoms with Crippen molar-refractivity contribution >= 4 is 5.97 Å². The molecule has 0 fully saturated rings. The van der Waals surface area contributed by atoms with Crippen LogP contribution in [0.2, 0.25) is 0 Å². The standard InChI is InChI=1S/C15H26N2O2/c1-13(8-9-14-6-5-10-16-12-14)17-11-4-2-3-7-15(18)19/h5-6,12-13,16-17H,2-4,7-11H2,1H3,(H,18,19)/t13-/m0/s1. The quantitative estimate of drug-likeness (QED) is 0.531. The van der Waals surface area contributed by atoms with Crippen molar-refractivity contribution in [2.24, 2.45) is 0 Å². The predicted molar refractivity (Wildman–Crippen MR) is 78.0 cm³/mol. The van der Waals surface area contributed by atoms with E-state index >= 15 is 0 Å². The summed E-state index contributed by atoms with van der Waals surface area (Å²) in [7, 11) is 0. The molecule has 108 valence electrons. The number of nitrogens with one attached hydrogen (secondary N) is 2. The van der Waals surface area contributed by atoms with Crippen molar-refractivity contribution < 1.29 is 9.90 Å².